The molecule has 0 spiro atoms. The minimum atomic E-state index is -1.30. The number of hydrogen-bond donors (Lipinski definition) is 4. The third-order valence-corrected chi connectivity index (χ3v) is 6.17. The zero-order chi connectivity index (χ0) is 30.2. The highest BCUT2D eigenvalue weighted by Gasteiger charge is 2.25. The second-order valence-electron chi connectivity index (χ2n) is 7.91. The molecular weight excluding hydrogens is 547 g/mol. The van der Waals surface area contributed by atoms with Gasteiger partial charge in [-0.2, -0.15) is 17.7 Å². The number of nitrogens with zero attached hydrogens (tertiary/aromatic N) is 3. The summed E-state index contributed by atoms with van der Waals surface area (Å²) in [4.78, 5) is 21.8. The van der Waals surface area contributed by atoms with E-state index in [9.17, 15) is 9.18 Å². The molecule has 2 aromatic heterocycles. The number of aromatic nitrogens is 2. The molecular formula is C29H41FN6O2S2. The van der Waals surface area contributed by atoms with Gasteiger partial charge in [0.05, 0.1) is 30.3 Å². The van der Waals surface area contributed by atoms with Crippen LogP contribution in [0.3, 0.4) is 0 Å². The van der Waals surface area contributed by atoms with Crippen molar-refractivity contribution < 1.29 is 13.9 Å². The van der Waals surface area contributed by atoms with Crippen molar-refractivity contribution in [3.8, 4) is 28.7 Å². The van der Waals surface area contributed by atoms with Gasteiger partial charge in [-0.15, -0.1) is 0 Å². The van der Waals surface area contributed by atoms with Crippen molar-refractivity contribution in [3.63, 3.8) is 0 Å². The number of nitrogens with two attached hydrogens (primary N) is 1. The summed E-state index contributed by atoms with van der Waals surface area (Å²) in [6, 6.07) is 3.27. The Morgan fingerprint density at radius 3 is 2.50 bits per heavy atom. The smallest absolute Gasteiger partial charge is 0.255 e. The molecule has 3 heterocycles. The second-order valence-corrected chi connectivity index (χ2v) is 9.00. The summed E-state index contributed by atoms with van der Waals surface area (Å²) in [6.07, 6.45) is 5.54. The summed E-state index contributed by atoms with van der Waals surface area (Å²) in [5, 5.41) is 7.70. The largest absolute Gasteiger partial charge is 0.494 e. The quantitative estimate of drug-likeness (QED) is 0.238. The molecule has 2 aliphatic rings. The Morgan fingerprint density at radius 2 is 1.93 bits per heavy atom. The number of methoxy groups -OCH3 is 1. The van der Waals surface area contributed by atoms with Crippen molar-refractivity contribution in [1.29, 1.82) is 0 Å². The zero-order valence-corrected chi connectivity index (χ0v) is 26.0. The van der Waals surface area contributed by atoms with E-state index in [2.05, 4.69) is 56.9 Å². The Labute approximate surface area is 247 Å². The summed E-state index contributed by atoms with van der Waals surface area (Å²) in [6.45, 7) is 13.5. The third kappa shape index (κ3) is 9.84. The lowest BCUT2D eigenvalue weighted by Crippen LogP contribution is -2.38. The summed E-state index contributed by atoms with van der Waals surface area (Å²) in [5.74, 6) is 6.65. The molecule has 1 aliphatic carbocycles. The highest BCUT2D eigenvalue weighted by Crippen LogP contribution is 2.35. The first kappa shape index (κ1) is 35.0. The summed E-state index contributed by atoms with van der Waals surface area (Å²) >= 11 is 4.86. The first-order valence-corrected chi connectivity index (χ1v) is 15.0. The number of amides is 1. The van der Waals surface area contributed by atoms with Crippen molar-refractivity contribution in [3.05, 3.63) is 48.1 Å². The topological polar surface area (TPSA) is 115 Å². The van der Waals surface area contributed by atoms with Crippen molar-refractivity contribution in [2.24, 2.45) is 16.8 Å². The van der Waals surface area contributed by atoms with Crippen molar-refractivity contribution in [2.75, 3.05) is 19.9 Å². The van der Waals surface area contributed by atoms with Crippen LogP contribution in [0.4, 0.5) is 4.39 Å². The number of hydrogen-bond acceptors (Lipinski definition) is 9. The average Bonchev–Trinajstić information content (AvgIpc) is 3.74. The molecule has 1 aliphatic heterocycles. The Balaban J connectivity index is 0.00000125. The lowest BCUT2D eigenvalue weighted by Gasteiger charge is -2.17. The fourth-order valence-electron chi connectivity index (χ4n) is 3.20. The molecule has 2 aromatic rings. The number of halogens is 1. The van der Waals surface area contributed by atoms with Gasteiger partial charge in [0.2, 0.25) is 0 Å². The number of thioether (sulfide) groups is 1. The van der Waals surface area contributed by atoms with Crippen LogP contribution < -0.4 is 21.2 Å². The van der Waals surface area contributed by atoms with Gasteiger partial charge < -0.3 is 15.8 Å². The van der Waals surface area contributed by atoms with Crippen LogP contribution in [-0.2, 0) is 0 Å². The number of pyridine rings is 2. The molecule has 2 unspecified atom stereocenters. The van der Waals surface area contributed by atoms with Crippen LogP contribution in [0.5, 0.6) is 5.75 Å². The predicted molar refractivity (Wildman–Crippen MR) is 169 cm³/mol. The molecule has 4 rings (SSSR count). The van der Waals surface area contributed by atoms with Gasteiger partial charge in [0.1, 0.15) is 11.9 Å². The van der Waals surface area contributed by atoms with Crippen molar-refractivity contribution in [1.82, 2.24) is 20.7 Å². The maximum Gasteiger partial charge on any atom is 0.255 e. The van der Waals surface area contributed by atoms with Crippen LogP contribution in [0.1, 0.15) is 75.4 Å². The SMILES string of the molecule is C=C(CN)c1cc(-c2cc(C(C)F)ncc2OC)c(C(=O)NC2NN=C(C#CC3CC3)S2)cn1.CC.CC.CS. The summed E-state index contributed by atoms with van der Waals surface area (Å²) in [7, 11) is 1.49. The fraction of sp³-hybridized carbons (Fsp3) is 0.448. The van der Waals surface area contributed by atoms with E-state index < -0.39 is 17.6 Å². The van der Waals surface area contributed by atoms with E-state index in [4.69, 9.17) is 10.5 Å². The van der Waals surface area contributed by atoms with Gasteiger partial charge in [0, 0.05) is 29.8 Å². The molecule has 8 nitrogen and oxygen atoms in total. The molecule has 218 valence electrons. The minimum absolute atomic E-state index is 0.197. The monoisotopic (exact) mass is 588 g/mol. The number of rotatable bonds is 7. The number of ether oxygens (including phenoxy) is 1. The van der Waals surface area contributed by atoms with Crippen LogP contribution >= 0.6 is 24.4 Å². The minimum Gasteiger partial charge on any atom is -0.494 e. The summed E-state index contributed by atoms with van der Waals surface area (Å²) in [5.41, 5.74) is 10.8. The first-order chi connectivity index (χ1) is 19.4. The number of carbonyl (C=O) groups excluding carboxylic acids is 1. The standard InChI is InChI=1S/C24H25FN6O2S.2C2H6.CH4S/c1-13(10-26)19-8-16(17-9-20(14(2)25)28-12-21(17)33-3)18(11-27-19)23(32)29-24-31-30-22(34-24)7-6-15-4-5-15;3*1-2/h8-9,11-12,14-15,24,31H,1,4-5,10,26H2,2-3H3,(H,29,32);2*1-2H3;2H,1H3. The van der Waals surface area contributed by atoms with Gasteiger partial charge >= 0.3 is 0 Å². The number of alkyl halides is 1. The Bertz CT molecular complexity index is 1220. The highest BCUT2D eigenvalue weighted by atomic mass is 32.2. The van der Waals surface area contributed by atoms with E-state index in [1.165, 1.54) is 38.2 Å². The van der Waals surface area contributed by atoms with Gasteiger partial charge in [0.15, 0.2) is 10.5 Å². The maximum atomic E-state index is 14.0. The normalized spacial score (nSPS) is 15.4. The Hall–Kier alpha value is -3.07. The Morgan fingerprint density at radius 1 is 1.25 bits per heavy atom. The van der Waals surface area contributed by atoms with Crippen LogP contribution in [0.2, 0.25) is 0 Å². The van der Waals surface area contributed by atoms with Crippen LogP contribution in [0, 0.1) is 17.8 Å². The first-order valence-electron chi connectivity index (χ1n) is 13.2. The molecule has 0 aromatic carbocycles. The van der Waals surface area contributed by atoms with Gasteiger partial charge in [0.25, 0.3) is 5.91 Å². The number of hydrazone groups is 1. The van der Waals surface area contributed by atoms with Gasteiger partial charge in [-0.05, 0) is 61.4 Å². The third-order valence-electron chi connectivity index (χ3n) is 5.30. The Kier molecular flexibility index (Phi) is 16.0. The molecule has 2 atom stereocenters. The highest BCUT2D eigenvalue weighted by molar-refractivity contribution is 8.15. The van der Waals surface area contributed by atoms with E-state index >= 15 is 0 Å². The zero-order valence-electron chi connectivity index (χ0n) is 24.3. The van der Waals surface area contributed by atoms with Crippen LogP contribution in [-0.4, -0.2) is 46.3 Å². The van der Waals surface area contributed by atoms with E-state index in [1.54, 1.807) is 18.4 Å². The average molecular weight is 589 g/mol. The number of carbonyl (C=O) groups is 1. The van der Waals surface area contributed by atoms with Gasteiger partial charge in [-0.1, -0.05) is 40.2 Å². The number of thiol groups is 1. The van der Waals surface area contributed by atoms with Gasteiger partial charge in [-0.25, -0.2) is 4.39 Å². The van der Waals surface area contributed by atoms with Crippen molar-refractivity contribution in [2.45, 2.75) is 59.1 Å². The number of nitrogens with one attached hydrogen (secondary N) is 2. The van der Waals surface area contributed by atoms with E-state index in [-0.39, 0.29) is 17.8 Å². The molecule has 0 saturated heterocycles. The fourth-order valence-corrected chi connectivity index (χ4v) is 3.91. The molecule has 4 N–H and O–H groups in total. The van der Waals surface area contributed by atoms with E-state index in [0.29, 0.717) is 39.1 Å². The predicted octanol–water partition coefficient (Wildman–Crippen LogP) is 5.83. The lowest BCUT2D eigenvalue weighted by molar-refractivity contribution is 0.0946. The van der Waals surface area contributed by atoms with E-state index in [0.717, 1.165) is 12.8 Å². The molecule has 0 bridgehead atoms. The van der Waals surface area contributed by atoms with E-state index in [1.807, 2.05) is 27.7 Å². The lowest BCUT2D eigenvalue weighted by atomic mass is 9.97. The molecule has 1 amide bonds. The summed E-state index contributed by atoms with van der Waals surface area (Å²) < 4.78 is 19.5. The molecule has 1 saturated carbocycles. The van der Waals surface area contributed by atoms with Gasteiger partial charge in [-0.3, -0.25) is 20.2 Å². The molecule has 0 radical (unpaired) electrons. The van der Waals surface area contributed by atoms with Crippen molar-refractivity contribution >= 4 is 40.9 Å². The molecule has 40 heavy (non-hydrogen) atoms. The maximum absolute atomic E-state index is 14.0. The molecule has 1 fully saturated rings. The van der Waals surface area contributed by atoms with Crippen LogP contribution in [0.25, 0.3) is 16.7 Å². The molecule has 11 heteroatoms. The van der Waals surface area contributed by atoms with Crippen LogP contribution in [0.15, 0.2) is 36.2 Å². The second kappa shape index (κ2) is 18.3.